The maximum absolute atomic E-state index is 12.8. The second-order valence-electron chi connectivity index (χ2n) is 7.38. The smallest absolute Gasteiger partial charge is 0.238 e. The summed E-state index contributed by atoms with van der Waals surface area (Å²) >= 11 is 6.22. The van der Waals surface area contributed by atoms with Crippen molar-refractivity contribution in [1.29, 1.82) is 0 Å². The molecule has 0 radical (unpaired) electrons. The molecule has 0 aliphatic carbocycles. The van der Waals surface area contributed by atoms with E-state index in [4.69, 9.17) is 26.2 Å². The first-order chi connectivity index (χ1) is 15.3. The van der Waals surface area contributed by atoms with E-state index in [1.165, 1.54) is 12.1 Å². The van der Waals surface area contributed by atoms with Crippen LogP contribution in [0.3, 0.4) is 0 Å². The Morgan fingerprint density at radius 3 is 2.34 bits per heavy atom. The summed E-state index contributed by atoms with van der Waals surface area (Å²) in [5.74, 6) is 1.46. The van der Waals surface area contributed by atoms with Crippen molar-refractivity contribution >= 4 is 33.2 Å². The van der Waals surface area contributed by atoms with Crippen molar-refractivity contribution in [2.75, 3.05) is 18.6 Å². The lowest BCUT2D eigenvalue weighted by Gasteiger charge is -2.19. The Kier molecular flexibility index (Phi) is 6.10. The second kappa shape index (κ2) is 8.82. The van der Waals surface area contributed by atoms with Gasteiger partial charge in [-0.15, -0.1) is 0 Å². The van der Waals surface area contributed by atoms with Crippen LogP contribution >= 0.6 is 11.6 Å². The average Bonchev–Trinajstić information content (AvgIpc) is 3.15. The van der Waals surface area contributed by atoms with Crippen LogP contribution in [-0.4, -0.2) is 28.0 Å². The van der Waals surface area contributed by atoms with E-state index >= 15 is 0 Å². The van der Waals surface area contributed by atoms with Crippen LogP contribution in [0.2, 0.25) is 5.02 Å². The molecule has 166 valence electrons. The van der Waals surface area contributed by atoms with Crippen LogP contribution in [0.1, 0.15) is 17.9 Å². The highest BCUT2D eigenvalue weighted by Crippen LogP contribution is 2.41. The van der Waals surface area contributed by atoms with E-state index in [-0.39, 0.29) is 23.1 Å². The number of nitrogens with zero attached hydrogens (tertiary/aromatic N) is 1. The molecule has 1 aliphatic rings. The van der Waals surface area contributed by atoms with E-state index in [0.717, 1.165) is 5.56 Å². The molecule has 3 aromatic carbocycles. The molecule has 3 aromatic rings. The zero-order chi connectivity index (χ0) is 22.9. The number of amides is 1. The highest BCUT2D eigenvalue weighted by Gasteiger charge is 2.33. The van der Waals surface area contributed by atoms with Crippen LogP contribution in [0.4, 0.5) is 5.69 Å². The molecule has 7 nitrogen and oxygen atoms in total. The number of para-hydroxylation sites is 2. The number of hydrogen-bond donors (Lipinski definition) is 1. The van der Waals surface area contributed by atoms with Crippen molar-refractivity contribution in [2.24, 2.45) is 5.14 Å². The number of benzene rings is 3. The summed E-state index contributed by atoms with van der Waals surface area (Å²) in [5.41, 5.74) is 1.45. The Morgan fingerprint density at radius 1 is 1.00 bits per heavy atom. The second-order valence-corrected chi connectivity index (χ2v) is 9.38. The molecule has 1 aliphatic heterocycles. The van der Waals surface area contributed by atoms with Crippen LogP contribution in [0, 0.1) is 0 Å². The van der Waals surface area contributed by atoms with Gasteiger partial charge in [0, 0.05) is 35.2 Å². The predicted octanol–water partition coefficient (Wildman–Crippen LogP) is 4.31. The molecular formula is C23H21ClN2O5S. The van der Waals surface area contributed by atoms with Gasteiger partial charge in [0.2, 0.25) is 15.9 Å². The zero-order valence-electron chi connectivity index (χ0n) is 17.2. The number of halogens is 1. The number of carbonyl (C=O) groups is 1. The van der Waals surface area contributed by atoms with Gasteiger partial charge in [0.1, 0.15) is 5.75 Å². The molecule has 32 heavy (non-hydrogen) atoms. The van der Waals surface area contributed by atoms with E-state index in [1.807, 2.05) is 18.2 Å². The molecule has 0 saturated carbocycles. The van der Waals surface area contributed by atoms with Crippen LogP contribution in [0.25, 0.3) is 0 Å². The van der Waals surface area contributed by atoms with E-state index in [0.29, 0.717) is 34.5 Å². The summed E-state index contributed by atoms with van der Waals surface area (Å²) in [4.78, 5) is 14.4. The first kappa shape index (κ1) is 22.1. The fraction of sp³-hybridized carbons (Fsp3) is 0.174. The fourth-order valence-electron chi connectivity index (χ4n) is 3.74. The van der Waals surface area contributed by atoms with Crippen LogP contribution in [0.15, 0.2) is 71.6 Å². The molecule has 1 heterocycles. The van der Waals surface area contributed by atoms with Gasteiger partial charge in [0.15, 0.2) is 11.5 Å². The molecule has 9 heteroatoms. The molecule has 0 aromatic heterocycles. The first-order valence-electron chi connectivity index (χ1n) is 9.80. The minimum absolute atomic E-state index is 0.00496. The molecule has 2 N–H and O–H groups in total. The maximum atomic E-state index is 12.8. The molecule has 1 saturated heterocycles. The summed E-state index contributed by atoms with van der Waals surface area (Å²) in [6, 6.07) is 18.6. The van der Waals surface area contributed by atoms with Gasteiger partial charge in [-0.05, 0) is 48.5 Å². The third-order valence-electron chi connectivity index (χ3n) is 5.31. The number of nitrogens with two attached hydrogens (primary N) is 1. The first-order valence-corrected chi connectivity index (χ1v) is 11.7. The lowest BCUT2D eigenvalue weighted by atomic mass is 9.97. The van der Waals surface area contributed by atoms with Crippen LogP contribution < -0.4 is 19.5 Å². The number of sulfonamides is 1. The van der Waals surface area contributed by atoms with Gasteiger partial charge >= 0.3 is 0 Å². The van der Waals surface area contributed by atoms with Gasteiger partial charge in [-0.3, -0.25) is 4.79 Å². The molecule has 0 bridgehead atoms. The van der Waals surface area contributed by atoms with Crippen molar-refractivity contribution in [1.82, 2.24) is 0 Å². The van der Waals surface area contributed by atoms with E-state index < -0.39 is 10.0 Å². The molecule has 1 atom stereocenters. The molecule has 1 amide bonds. The van der Waals surface area contributed by atoms with Gasteiger partial charge in [0.05, 0.1) is 12.0 Å². The summed E-state index contributed by atoms with van der Waals surface area (Å²) < 4.78 is 34.5. The molecule has 1 fully saturated rings. The standard InChI is InChI=1S/C23H21ClN2O5S/c1-30-20-4-2-3-5-21(20)31-22-13-16(24)6-11-19(22)15-12-23(27)26(14-15)17-7-9-18(10-8-17)32(25,28)29/h2-11,13,15H,12,14H2,1H3,(H2,25,28,29)/t15-/m0/s1. The molecule has 0 spiro atoms. The highest BCUT2D eigenvalue weighted by atomic mass is 35.5. The van der Waals surface area contributed by atoms with Crippen LogP contribution in [-0.2, 0) is 14.8 Å². The monoisotopic (exact) mass is 472 g/mol. The van der Waals surface area contributed by atoms with Gasteiger partial charge in [-0.1, -0.05) is 29.8 Å². The van der Waals surface area contributed by atoms with E-state index in [2.05, 4.69) is 0 Å². The fourth-order valence-corrected chi connectivity index (χ4v) is 4.41. The highest BCUT2D eigenvalue weighted by molar-refractivity contribution is 7.89. The summed E-state index contributed by atoms with van der Waals surface area (Å²) in [6.45, 7) is 0.414. The molecule has 0 unspecified atom stereocenters. The van der Waals surface area contributed by atoms with E-state index in [9.17, 15) is 13.2 Å². The summed E-state index contributed by atoms with van der Waals surface area (Å²) in [7, 11) is -2.23. The van der Waals surface area contributed by atoms with Crippen molar-refractivity contribution in [3.63, 3.8) is 0 Å². The number of ether oxygens (including phenoxy) is 2. The topological polar surface area (TPSA) is 98.9 Å². The Hall–Kier alpha value is -3.07. The molecule has 4 rings (SSSR count). The Morgan fingerprint density at radius 2 is 1.69 bits per heavy atom. The lowest BCUT2D eigenvalue weighted by molar-refractivity contribution is -0.117. The SMILES string of the molecule is COc1ccccc1Oc1cc(Cl)ccc1[C@H]1CC(=O)N(c2ccc(S(N)(=O)=O)cc2)C1. The van der Waals surface area contributed by atoms with Gasteiger partial charge in [-0.2, -0.15) is 0 Å². The number of carbonyl (C=O) groups excluding carboxylic acids is 1. The van der Waals surface area contributed by atoms with Gasteiger partial charge < -0.3 is 14.4 Å². The maximum Gasteiger partial charge on any atom is 0.238 e. The number of primary sulfonamides is 1. The minimum Gasteiger partial charge on any atom is -0.493 e. The zero-order valence-corrected chi connectivity index (χ0v) is 18.8. The van der Waals surface area contributed by atoms with Crippen LogP contribution in [0.5, 0.6) is 17.2 Å². The third-order valence-corrected chi connectivity index (χ3v) is 6.47. The van der Waals surface area contributed by atoms with Gasteiger partial charge in [0.25, 0.3) is 0 Å². The van der Waals surface area contributed by atoms with Crippen molar-refractivity contribution < 1.29 is 22.7 Å². The largest absolute Gasteiger partial charge is 0.493 e. The number of methoxy groups -OCH3 is 1. The van der Waals surface area contributed by atoms with Crippen molar-refractivity contribution in [3.05, 3.63) is 77.3 Å². The quantitative estimate of drug-likeness (QED) is 0.576. The lowest BCUT2D eigenvalue weighted by Crippen LogP contribution is -2.24. The van der Waals surface area contributed by atoms with Gasteiger partial charge in [-0.25, -0.2) is 13.6 Å². The third kappa shape index (κ3) is 4.57. The predicted molar refractivity (Wildman–Crippen MR) is 122 cm³/mol. The van der Waals surface area contributed by atoms with Crippen molar-refractivity contribution in [2.45, 2.75) is 17.2 Å². The number of hydrogen-bond acceptors (Lipinski definition) is 5. The van der Waals surface area contributed by atoms with Crippen molar-refractivity contribution in [3.8, 4) is 17.2 Å². The normalized spacial score (nSPS) is 16.3. The number of rotatable bonds is 6. The number of anilines is 1. The summed E-state index contributed by atoms with van der Waals surface area (Å²) in [6.07, 6.45) is 0.279. The Labute approximate surface area is 191 Å². The summed E-state index contributed by atoms with van der Waals surface area (Å²) in [5, 5.41) is 5.67. The Balaban J connectivity index is 1.62. The minimum atomic E-state index is -3.80. The van der Waals surface area contributed by atoms with E-state index in [1.54, 1.807) is 48.4 Å². The average molecular weight is 473 g/mol. The molecular weight excluding hydrogens is 452 g/mol. The Bertz CT molecular complexity index is 1260.